The Labute approximate surface area is 92.2 Å². The van der Waals surface area contributed by atoms with E-state index in [4.69, 9.17) is 0 Å². The third-order valence-corrected chi connectivity index (χ3v) is 1.99. The van der Waals surface area contributed by atoms with Gasteiger partial charge in [0.25, 0.3) is 0 Å². The van der Waals surface area contributed by atoms with Gasteiger partial charge in [0.05, 0.1) is 12.7 Å². The Kier molecular flexibility index (Phi) is 2.86. The molecule has 0 radical (unpaired) electrons. The molecule has 0 amide bonds. The standard InChI is InChI=1S/C11H9N3O2/c1-16-11(15)9-6-13-10(14-7-9)8-3-2-4-12-5-8/h2-7H,1H3. The molecule has 5 nitrogen and oxygen atoms in total. The van der Waals surface area contributed by atoms with Gasteiger partial charge < -0.3 is 4.74 Å². The molecular formula is C11H9N3O2. The molecule has 0 fully saturated rings. The van der Waals surface area contributed by atoms with Crippen LogP contribution in [0.2, 0.25) is 0 Å². The number of carbonyl (C=O) groups excluding carboxylic acids is 1. The van der Waals surface area contributed by atoms with E-state index in [9.17, 15) is 4.79 Å². The molecule has 0 spiro atoms. The zero-order chi connectivity index (χ0) is 11.4. The lowest BCUT2D eigenvalue weighted by atomic mass is 10.2. The highest BCUT2D eigenvalue weighted by molar-refractivity contribution is 5.88. The minimum Gasteiger partial charge on any atom is -0.465 e. The SMILES string of the molecule is COC(=O)c1cnc(-c2cccnc2)nc1. The Morgan fingerprint density at radius 2 is 2.00 bits per heavy atom. The second-order valence-corrected chi connectivity index (χ2v) is 3.03. The Bertz CT molecular complexity index is 482. The summed E-state index contributed by atoms with van der Waals surface area (Å²) in [6.07, 6.45) is 6.20. The average Bonchev–Trinajstić information content (AvgIpc) is 2.39. The Hall–Kier alpha value is -2.30. The maximum Gasteiger partial charge on any atom is 0.341 e. The molecule has 16 heavy (non-hydrogen) atoms. The lowest BCUT2D eigenvalue weighted by Crippen LogP contribution is -2.03. The first-order valence-corrected chi connectivity index (χ1v) is 4.62. The van der Waals surface area contributed by atoms with Gasteiger partial charge in [0.15, 0.2) is 5.82 Å². The van der Waals surface area contributed by atoms with Crippen molar-refractivity contribution in [1.29, 1.82) is 0 Å². The van der Waals surface area contributed by atoms with Crippen LogP contribution in [-0.2, 0) is 4.74 Å². The van der Waals surface area contributed by atoms with Gasteiger partial charge in [-0.25, -0.2) is 14.8 Å². The highest BCUT2D eigenvalue weighted by Gasteiger charge is 2.07. The fourth-order valence-electron chi connectivity index (χ4n) is 1.20. The van der Waals surface area contributed by atoms with Crippen LogP contribution in [0.4, 0.5) is 0 Å². The second kappa shape index (κ2) is 4.48. The van der Waals surface area contributed by atoms with Crippen molar-refractivity contribution in [3.63, 3.8) is 0 Å². The molecule has 0 bridgehead atoms. The van der Waals surface area contributed by atoms with Gasteiger partial charge in [0.2, 0.25) is 0 Å². The number of pyridine rings is 1. The number of rotatable bonds is 2. The molecule has 80 valence electrons. The van der Waals surface area contributed by atoms with Crippen LogP contribution in [0.1, 0.15) is 10.4 Å². The summed E-state index contributed by atoms with van der Waals surface area (Å²) in [5.41, 5.74) is 1.13. The summed E-state index contributed by atoms with van der Waals surface area (Å²) >= 11 is 0. The smallest absolute Gasteiger partial charge is 0.341 e. The maximum absolute atomic E-state index is 11.1. The van der Waals surface area contributed by atoms with Gasteiger partial charge in [0.1, 0.15) is 0 Å². The molecule has 0 saturated carbocycles. The monoisotopic (exact) mass is 215 g/mol. The summed E-state index contributed by atoms with van der Waals surface area (Å²) in [6, 6.07) is 3.65. The quantitative estimate of drug-likeness (QED) is 0.707. The maximum atomic E-state index is 11.1. The van der Waals surface area contributed by atoms with E-state index in [2.05, 4.69) is 19.7 Å². The fourth-order valence-corrected chi connectivity index (χ4v) is 1.20. The van der Waals surface area contributed by atoms with E-state index in [0.29, 0.717) is 11.4 Å². The second-order valence-electron chi connectivity index (χ2n) is 3.03. The van der Waals surface area contributed by atoms with Crippen LogP contribution in [0.15, 0.2) is 36.9 Å². The first kappa shape index (κ1) is 10.2. The average molecular weight is 215 g/mol. The van der Waals surface area contributed by atoms with Gasteiger partial charge in [0, 0.05) is 30.4 Å². The topological polar surface area (TPSA) is 65.0 Å². The first-order valence-electron chi connectivity index (χ1n) is 4.62. The van der Waals surface area contributed by atoms with Crippen LogP contribution >= 0.6 is 0 Å². The van der Waals surface area contributed by atoms with Crippen LogP contribution in [-0.4, -0.2) is 28.0 Å². The Morgan fingerprint density at radius 1 is 1.25 bits per heavy atom. The predicted molar refractivity (Wildman–Crippen MR) is 56.6 cm³/mol. The Balaban J connectivity index is 2.30. The van der Waals surface area contributed by atoms with Crippen molar-refractivity contribution in [2.24, 2.45) is 0 Å². The number of hydrogen-bond donors (Lipinski definition) is 0. The molecule has 0 unspecified atom stereocenters. The van der Waals surface area contributed by atoms with Crippen molar-refractivity contribution in [1.82, 2.24) is 15.0 Å². The number of hydrogen-bond acceptors (Lipinski definition) is 5. The van der Waals surface area contributed by atoms with Gasteiger partial charge in [-0.2, -0.15) is 0 Å². The molecule has 0 aliphatic rings. The van der Waals surface area contributed by atoms with Crippen molar-refractivity contribution in [3.05, 3.63) is 42.5 Å². The minimum atomic E-state index is -0.447. The zero-order valence-corrected chi connectivity index (χ0v) is 8.62. The van der Waals surface area contributed by atoms with Gasteiger partial charge in [-0.15, -0.1) is 0 Å². The van der Waals surface area contributed by atoms with E-state index in [-0.39, 0.29) is 0 Å². The summed E-state index contributed by atoms with van der Waals surface area (Å²) in [6.45, 7) is 0. The van der Waals surface area contributed by atoms with E-state index >= 15 is 0 Å². The van der Waals surface area contributed by atoms with Gasteiger partial charge in [-0.05, 0) is 12.1 Å². The largest absolute Gasteiger partial charge is 0.465 e. The third kappa shape index (κ3) is 2.03. The predicted octanol–water partition coefficient (Wildman–Crippen LogP) is 1.33. The van der Waals surface area contributed by atoms with Crippen LogP contribution in [0.5, 0.6) is 0 Å². The lowest BCUT2D eigenvalue weighted by Gasteiger charge is -2.00. The molecule has 2 aromatic heterocycles. The fraction of sp³-hybridized carbons (Fsp3) is 0.0909. The molecule has 2 heterocycles. The molecule has 0 atom stereocenters. The molecule has 2 aromatic rings. The highest BCUT2D eigenvalue weighted by Crippen LogP contribution is 2.11. The third-order valence-electron chi connectivity index (χ3n) is 1.99. The van der Waals surface area contributed by atoms with Crippen molar-refractivity contribution in [3.8, 4) is 11.4 Å². The molecular weight excluding hydrogens is 206 g/mol. The van der Waals surface area contributed by atoms with Crippen molar-refractivity contribution >= 4 is 5.97 Å². The summed E-state index contributed by atoms with van der Waals surface area (Å²) in [5.74, 6) is 0.0819. The van der Waals surface area contributed by atoms with Crippen molar-refractivity contribution in [2.75, 3.05) is 7.11 Å². The van der Waals surface area contributed by atoms with E-state index in [1.54, 1.807) is 18.5 Å². The summed E-state index contributed by atoms with van der Waals surface area (Å²) < 4.78 is 4.55. The van der Waals surface area contributed by atoms with E-state index in [1.807, 2.05) is 6.07 Å². The van der Waals surface area contributed by atoms with E-state index in [0.717, 1.165) is 5.56 Å². The molecule has 0 N–H and O–H groups in total. The summed E-state index contributed by atoms with van der Waals surface area (Å²) in [4.78, 5) is 23.2. The minimum absolute atomic E-state index is 0.329. The van der Waals surface area contributed by atoms with Crippen LogP contribution < -0.4 is 0 Å². The van der Waals surface area contributed by atoms with Crippen molar-refractivity contribution in [2.45, 2.75) is 0 Å². The molecule has 5 heteroatoms. The number of nitrogens with zero attached hydrogens (tertiary/aromatic N) is 3. The molecule has 0 aliphatic heterocycles. The lowest BCUT2D eigenvalue weighted by molar-refractivity contribution is 0.0600. The number of methoxy groups -OCH3 is 1. The molecule has 0 aliphatic carbocycles. The van der Waals surface area contributed by atoms with Gasteiger partial charge >= 0.3 is 5.97 Å². The highest BCUT2D eigenvalue weighted by atomic mass is 16.5. The van der Waals surface area contributed by atoms with Crippen LogP contribution in [0, 0.1) is 0 Å². The zero-order valence-electron chi connectivity index (χ0n) is 8.62. The Morgan fingerprint density at radius 3 is 2.56 bits per heavy atom. The van der Waals surface area contributed by atoms with Crippen molar-refractivity contribution < 1.29 is 9.53 Å². The number of esters is 1. The number of aromatic nitrogens is 3. The molecule has 2 rings (SSSR count). The summed E-state index contributed by atoms with van der Waals surface area (Å²) in [7, 11) is 1.32. The van der Waals surface area contributed by atoms with Crippen LogP contribution in [0.3, 0.4) is 0 Å². The first-order chi connectivity index (χ1) is 7.81. The summed E-state index contributed by atoms with van der Waals surface area (Å²) in [5, 5.41) is 0. The van der Waals surface area contributed by atoms with Gasteiger partial charge in [-0.1, -0.05) is 0 Å². The number of ether oxygens (including phenoxy) is 1. The van der Waals surface area contributed by atoms with Gasteiger partial charge in [-0.3, -0.25) is 4.98 Å². The number of carbonyl (C=O) groups is 1. The van der Waals surface area contributed by atoms with Crippen LogP contribution in [0.25, 0.3) is 11.4 Å². The molecule has 0 aromatic carbocycles. The van der Waals surface area contributed by atoms with E-state index in [1.165, 1.54) is 19.5 Å². The van der Waals surface area contributed by atoms with E-state index < -0.39 is 5.97 Å². The molecule has 0 saturated heterocycles. The normalized spacial score (nSPS) is 9.81.